The normalized spacial score (nSPS) is 11.0. The van der Waals surface area contributed by atoms with Crippen molar-refractivity contribution >= 4 is 33.4 Å². The van der Waals surface area contributed by atoms with Crippen LogP contribution in [-0.2, 0) is 6.54 Å². The number of rotatable bonds is 3. The van der Waals surface area contributed by atoms with E-state index in [4.69, 9.17) is 0 Å². The van der Waals surface area contributed by atoms with Gasteiger partial charge in [0.25, 0.3) is 5.56 Å². The van der Waals surface area contributed by atoms with E-state index in [1.165, 1.54) is 23.1 Å². The predicted molar refractivity (Wildman–Crippen MR) is 79.0 cm³/mol. The summed E-state index contributed by atoms with van der Waals surface area (Å²) in [6, 6.07) is 9.88. The van der Waals surface area contributed by atoms with Gasteiger partial charge < -0.3 is 0 Å². The van der Waals surface area contributed by atoms with Gasteiger partial charge in [-0.05, 0) is 11.8 Å². The molecular formula is C13H11N3OS2. The summed E-state index contributed by atoms with van der Waals surface area (Å²) >= 11 is 2.94. The van der Waals surface area contributed by atoms with Gasteiger partial charge >= 0.3 is 0 Å². The fourth-order valence-corrected chi connectivity index (χ4v) is 3.27. The van der Waals surface area contributed by atoms with Gasteiger partial charge in [0, 0.05) is 0 Å². The third-order valence-corrected chi connectivity index (χ3v) is 4.75. The highest BCUT2D eigenvalue weighted by atomic mass is 32.2. The number of hydrogen-bond donors (Lipinski definition) is 0. The van der Waals surface area contributed by atoms with E-state index in [2.05, 4.69) is 9.97 Å². The highest BCUT2D eigenvalue weighted by molar-refractivity contribution is 8.00. The Morgan fingerprint density at radius 1 is 1.32 bits per heavy atom. The summed E-state index contributed by atoms with van der Waals surface area (Å²) in [7, 11) is 0. The molecule has 0 unspecified atom stereocenters. The molecule has 4 nitrogen and oxygen atoms in total. The minimum Gasteiger partial charge on any atom is -0.293 e. The van der Waals surface area contributed by atoms with E-state index in [-0.39, 0.29) is 5.56 Å². The number of aromatic nitrogens is 3. The fraction of sp³-hybridized carbons (Fsp3) is 0.154. The molecule has 0 spiro atoms. The Kier molecular flexibility index (Phi) is 3.35. The van der Waals surface area contributed by atoms with Gasteiger partial charge in [-0.2, -0.15) is 0 Å². The lowest BCUT2D eigenvalue weighted by Crippen LogP contribution is -2.20. The Bertz CT molecular complexity index is 764. The van der Waals surface area contributed by atoms with Crippen molar-refractivity contribution in [3.8, 4) is 0 Å². The molecule has 0 amide bonds. The smallest absolute Gasteiger partial charge is 0.273 e. The zero-order valence-corrected chi connectivity index (χ0v) is 11.9. The average molecular weight is 289 g/mol. The zero-order valence-electron chi connectivity index (χ0n) is 10.2. The van der Waals surface area contributed by atoms with Gasteiger partial charge in [0.2, 0.25) is 0 Å². The van der Waals surface area contributed by atoms with Crippen LogP contribution >= 0.6 is 23.1 Å². The van der Waals surface area contributed by atoms with E-state index in [1.807, 2.05) is 36.6 Å². The molecule has 0 saturated carbocycles. The van der Waals surface area contributed by atoms with E-state index in [0.717, 1.165) is 9.90 Å². The SMILES string of the molecule is CSc1nc2ncn(Cc3ccccc3)c(=O)c2s1. The van der Waals surface area contributed by atoms with Crippen LogP contribution < -0.4 is 5.56 Å². The summed E-state index contributed by atoms with van der Waals surface area (Å²) in [5.41, 5.74) is 1.61. The summed E-state index contributed by atoms with van der Waals surface area (Å²) < 4.78 is 3.12. The molecule has 3 rings (SSSR count). The first kappa shape index (κ1) is 12.4. The first-order chi connectivity index (χ1) is 9.28. The Hall–Kier alpha value is -1.66. The van der Waals surface area contributed by atoms with Crippen molar-refractivity contribution < 1.29 is 0 Å². The Morgan fingerprint density at radius 3 is 2.84 bits per heavy atom. The second kappa shape index (κ2) is 5.14. The number of thiazole rings is 1. The molecule has 0 radical (unpaired) electrons. The average Bonchev–Trinajstić information content (AvgIpc) is 2.87. The third kappa shape index (κ3) is 2.41. The van der Waals surface area contributed by atoms with Gasteiger partial charge in [0.1, 0.15) is 11.0 Å². The largest absolute Gasteiger partial charge is 0.293 e. The molecule has 2 aromatic heterocycles. The van der Waals surface area contributed by atoms with Gasteiger partial charge in [-0.3, -0.25) is 9.36 Å². The predicted octanol–water partition coefficient (Wildman–Crippen LogP) is 2.62. The van der Waals surface area contributed by atoms with Crippen LogP contribution in [0.25, 0.3) is 10.3 Å². The van der Waals surface area contributed by atoms with Gasteiger partial charge in [-0.25, -0.2) is 9.97 Å². The Balaban J connectivity index is 2.05. The number of thioether (sulfide) groups is 1. The minimum atomic E-state index is -0.0216. The lowest BCUT2D eigenvalue weighted by Gasteiger charge is -2.04. The van der Waals surface area contributed by atoms with E-state index in [0.29, 0.717) is 16.9 Å². The van der Waals surface area contributed by atoms with E-state index < -0.39 is 0 Å². The maximum atomic E-state index is 12.3. The molecule has 0 aliphatic rings. The van der Waals surface area contributed by atoms with E-state index >= 15 is 0 Å². The van der Waals surface area contributed by atoms with Crippen LogP contribution in [0, 0.1) is 0 Å². The summed E-state index contributed by atoms with van der Waals surface area (Å²) in [5.74, 6) is 0. The molecule has 0 fully saturated rings. The van der Waals surface area contributed by atoms with Crippen molar-refractivity contribution in [1.82, 2.24) is 14.5 Å². The second-order valence-electron chi connectivity index (χ2n) is 4.00. The molecule has 0 bridgehead atoms. The number of hydrogen-bond acceptors (Lipinski definition) is 5. The van der Waals surface area contributed by atoms with Gasteiger partial charge in [0.15, 0.2) is 9.99 Å². The van der Waals surface area contributed by atoms with Crippen molar-refractivity contribution in [2.24, 2.45) is 0 Å². The van der Waals surface area contributed by atoms with Crippen molar-refractivity contribution in [3.05, 3.63) is 52.6 Å². The van der Waals surface area contributed by atoms with Crippen LogP contribution in [0.1, 0.15) is 5.56 Å². The molecule has 1 aromatic carbocycles. The molecule has 0 aliphatic heterocycles. The van der Waals surface area contributed by atoms with Crippen molar-refractivity contribution in [1.29, 1.82) is 0 Å². The molecule has 2 heterocycles. The topological polar surface area (TPSA) is 47.8 Å². The third-order valence-electron chi connectivity index (χ3n) is 2.73. The van der Waals surface area contributed by atoms with E-state index in [9.17, 15) is 4.79 Å². The molecular weight excluding hydrogens is 278 g/mol. The van der Waals surface area contributed by atoms with Crippen LogP contribution in [0.4, 0.5) is 0 Å². The maximum absolute atomic E-state index is 12.3. The first-order valence-electron chi connectivity index (χ1n) is 5.72. The van der Waals surface area contributed by atoms with Crippen molar-refractivity contribution in [3.63, 3.8) is 0 Å². The van der Waals surface area contributed by atoms with Crippen LogP contribution in [0.15, 0.2) is 45.8 Å². The molecule has 19 heavy (non-hydrogen) atoms. The molecule has 0 aliphatic carbocycles. The number of nitrogens with zero attached hydrogens (tertiary/aromatic N) is 3. The second-order valence-corrected chi connectivity index (χ2v) is 6.05. The highest BCUT2D eigenvalue weighted by Gasteiger charge is 2.10. The Morgan fingerprint density at radius 2 is 2.11 bits per heavy atom. The molecule has 0 saturated heterocycles. The van der Waals surface area contributed by atoms with Crippen LogP contribution in [0.5, 0.6) is 0 Å². The molecule has 3 aromatic rings. The monoisotopic (exact) mass is 289 g/mol. The molecule has 0 atom stereocenters. The fourth-order valence-electron chi connectivity index (χ4n) is 1.81. The summed E-state index contributed by atoms with van der Waals surface area (Å²) in [6.07, 6.45) is 3.52. The summed E-state index contributed by atoms with van der Waals surface area (Å²) in [6.45, 7) is 0.537. The van der Waals surface area contributed by atoms with E-state index in [1.54, 1.807) is 10.9 Å². The quantitative estimate of drug-likeness (QED) is 0.695. The molecule has 96 valence electrons. The summed E-state index contributed by atoms with van der Waals surface area (Å²) in [5, 5.41) is 0. The lowest BCUT2D eigenvalue weighted by atomic mass is 10.2. The maximum Gasteiger partial charge on any atom is 0.273 e. The Labute approximate surface area is 118 Å². The number of fused-ring (bicyclic) bond motifs is 1. The lowest BCUT2D eigenvalue weighted by molar-refractivity contribution is 0.748. The molecule has 0 N–H and O–H groups in total. The molecule has 6 heteroatoms. The van der Waals surface area contributed by atoms with Gasteiger partial charge in [-0.1, -0.05) is 42.1 Å². The van der Waals surface area contributed by atoms with Crippen molar-refractivity contribution in [2.75, 3.05) is 6.26 Å². The number of benzene rings is 1. The minimum absolute atomic E-state index is 0.0216. The highest BCUT2D eigenvalue weighted by Crippen LogP contribution is 2.24. The summed E-state index contributed by atoms with van der Waals surface area (Å²) in [4.78, 5) is 20.9. The van der Waals surface area contributed by atoms with Gasteiger partial charge in [0.05, 0.1) is 6.54 Å². The zero-order chi connectivity index (χ0) is 13.2. The first-order valence-corrected chi connectivity index (χ1v) is 7.76. The van der Waals surface area contributed by atoms with Gasteiger partial charge in [-0.15, -0.1) is 11.3 Å². The van der Waals surface area contributed by atoms with Crippen LogP contribution in [-0.4, -0.2) is 20.8 Å². The van der Waals surface area contributed by atoms with Crippen molar-refractivity contribution in [2.45, 2.75) is 10.9 Å². The van der Waals surface area contributed by atoms with Crippen LogP contribution in [0.2, 0.25) is 0 Å². The standard InChI is InChI=1S/C13H11N3OS2/c1-18-13-15-11-10(19-13)12(17)16(8-14-11)7-9-5-3-2-4-6-9/h2-6,8H,7H2,1H3. The van der Waals surface area contributed by atoms with Crippen LogP contribution in [0.3, 0.4) is 0 Å².